The molecule has 0 saturated heterocycles. The van der Waals surface area contributed by atoms with Crippen LogP contribution in [0.3, 0.4) is 0 Å². The van der Waals surface area contributed by atoms with E-state index in [9.17, 15) is 4.79 Å². The summed E-state index contributed by atoms with van der Waals surface area (Å²) < 4.78 is 0. The summed E-state index contributed by atoms with van der Waals surface area (Å²) in [6, 6.07) is 4.27. The third kappa shape index (κ3) is 5.70. The lowest BCUT2D eigenvalue weighted by molar-refractivity contribution is -0.117. The molecule has 0 bridgehead atoms. The largest absolute Gasteiger partial charge is 0.306 e. The van der Waals surface area contributed by atoms with Crippen molar-refractivity contribution in [3.05, 3.63) is 22.4 Å². The third-order valence-corrected chi connectivity index (χ3v) is 3.32. The Balaban J connectivity index is 2.08. The van der Waals surface area contributed by atoms with Gasteiger partial charge in [-0.15, -0.1) is 11.3 Å². The van der Waals surface area contributed by atoms with Crippen molar-refractivity contribution in [2.75, 3.05) is 20.1 Å². The minimum Gasteiger partial charge on any atom is -0.306 e. The highest BCUT2D eigenvalue weighted by Crippen LogP contribution is 2.09. The fourth-order valence-corrected chi connectivity index (χ4v) is 2.16. The fraction of sp³-hybridized carbons (Fsp3) is 0.583. The van der Waals surface area contributed by atoms with Gasteiger partial charge in [0.15, 0.2) is 0 Å². The summed E-state index contributed by atoms with van der Waals surface area (Å²) in [5, 5.41) is 2.12. The van der Waals surface area contributed by atoms with Crippen molar-refractivity contribution in [3.8, 4) is 0 Å². The third-order valence-electron chi connectivity index (χ3n) is 2.39. The molecule has 3 heteroatoms. The van der Waals surface area contributed by atoms with Gasteiger partial charge >= 0.3 is 0 Å². The van der Waals surface area contributed by atoms with Crippen LogP contribution in [0.1, 0.15) is 24.6 Å². The van der Waals surface area contributed by atoms with Crippen LogP contribution in [-0.2, 0) is 11.2 Å². The molecule has 1 heterocycles. The van der Waals surface area contributed by atoms with Gasteiger partial charge in [0.2, 0.25) is 0 Å². The van der Waals surface area contributed by atoms with Crippen LogP contribution in [0.25, 0.3) is 0 Å². The molecule has 0 saturated carbocycles. The standard InChI is InChI=1S/C12H19NOS/c1-11(14)5-3-8-13(2)9-7-12-6-4-10-15-12/h4,6,10H,3,5,7-9H2,1-2H3. The minimum atomic E-state index is 0.293. The Hall–Kier alpha value is -0.670. The molecule has 2 nitrogen and oxygen atoms in total. The zero-order valence-electron chi connectivity index (χ0n) is 9.53. The first-order chi connectivity index (χ1) is 7.18. The van der Waals surface area contributed by atoms with Crippen LogP contribution in [0.4, 0.5) is 0 Å². The van der Waals surface area contributed by atoms with Gasteiger partial charge < -0.3 is 9.69 Å². The molecule has 0 spiro atoms. The fourth-order valence-electron chi connectivity index (χ4n) is 1.47. The summed E-state index contributed by atoms with van der Waals surface area (Å²) >= 11 is 1.81. The maximum atomic E-state index is 10.8. The summed E-state index contributed by atoms with van der Waals surface area (Å²) in [5.74, 6) is 0.293. The molecule has 15 heavy (non-hydrogen) atoms. The lowest BCUT2D eigenvalue weighted by atomic mass is 10.2. The molecule has 0 unspecified atom stereocenters. The Labute approximate surface area is 95.9 Å². The zero-order valence-corrected chi connectivity index (χ0v) is 10.3. The van der Waals surface area contributed by atoms with Crippen molar-refractivity contribution in [3.63, 3.8) is 0 Å². The molecule has 0 aliphatic heterocycles. The first-order valence-electron chi connectivity index (χ1n) is 5.39. The lowest BCUT2D eigenvalue weighted by Crippen LogP contribution is -2.22. The molecule has 0 aromatic carbocycles. The molecular weight excluding hydrogens is 206 g/mol. The molecule has 1 aromatic rings. The quantitative estimate of drug-likeness (QED) is 0.711. The van der Waals surface area contributed by atoms with E-state index >= 15 is 0 Å². The minimum absolute atomic E-state index is 0.293. The summed E-state index contributed by atoms with van der Waals surface area (Å²) in [5.41, 5.74) is 0. The number of hydrogen-bond donors (Lipinski definition) is 0. The van der Waals surface area contributed by atoms with Crippen LogP contribution in [-0.4, -0.2) is 30.8 Å². The topological polar surface area (TPSA) is 20.3 Å². The predicted octanol–water partition coefficient (Wildman–Crippen LogP) is 2.59. The van der Waals surface area contributed by atoms with Gasteiger partial charge in [0, 0.05) is 17.8 Å². The van der Waals surface area contributed by atoms with Crippen molar-refractivity contribution in [2.24, 2.45) is 0 Å². The second kappa shape index (κ2) is 6.75. The molecule has 1 rings (SSSR count). The van der Waals surface area contributed by atoms with Crippen molar-refractivity contribution >= 4 is 17.1 Å². The van der Waals surface area contributed by atoms with Crippen LogP contribution < -0.4 is 0 Å². The molecule has 0 fully saturated rings. The average molecular weight is 225 g/mol. The van der Waals surface area contributed by atoms with Gasteiger partial charge in [-0.05, 0) is 44.8 Å². The number of hydrogen-bond acceptors (Lipinski definition) is 3. The predicted molar refractivity (Wildman–Crippen MR) is 65.4 cm³/mol. The smallest absolute Gasteiger partial charge is 0.129 e. The van der Waals surface area contributed by atoms with Crippen molar-refractivity contribution in [2.45, 2.75) is 26.2 Å². The lowest BCUT2D eigenvalue weighted by Gasteiger charge is -2.15. The van der Waals surface area contributed by atoms with E-state index in [0.717, 1.165) is 25.9 Å². The zero-order chi connectivity index (χ0) is 11.1. The number of ketones is 1. The number of nitrogens with zero attached hydrogens (tertiary/aromatic N) is 1. The number of carbonyl (C=O) groups is 1. The van der Waals surface area contributed by atoms with Gasteiger partial charge in [0.25, 0.3) is 0 Å². The number of Topliss-reactive ketones (excluding diaryl/α,β-unsaturated/α-hetero) is 1. The highest BCUT2D eigenvalue weighted by Gasteiger charge is 2.01. The summed E-state index contributed by atoms with van der Waals surface area (Å²) in [6.07, 6.45) is 2.81. The molecule has 0 aliphatic carbocycles. The normalized spacial score (nSPS) is 10.9. The van der Waals surface area contributed by atoms with E-state index in [2.05, 4.69) is 29.5 Å². The van der Waals surface area contributed by atoms with E-state index in [1.165, 1.54) is 4.88 Å². The second-order valence-corrected chi connectivity index (χ2v) is 4.97. The van der Waals surface area contributed by atoms with Crippen molar-refractivity contribution < 1.29 is 4.79 Å². The molecule has 0 radical (unpaired) electrons. The number of likely N-dealkylation sites (N-methyl/N-ethyl adjacent to an activating group) is 1. The summed E-state index contributed by atoms with van der Waals surface area (Å²) in [4.78, 5) is 14.5. The van der Waals surface area contributed by atoms with Gasteiger partial charge in [0.05, 0.1) is 0 Å². The van der Waals surface area contributed by atoms with Gasteiger partial charge in [-0.1, -0.05) is 6.07 Å². The van der Waals surface area contributed by atoms with Crippen LogP contribution in [0.2, 0.25) is 0 Å². The maximum absolute atomic E-state index is 10.8. The molecule has 1 aromatic heterocycles. The average Bonchev–Trinajstić information content (AvgIpc) is 2.66. The highest BCUT2D eigenvalue weighted by atomic mass is 32.1. The van der Waals surface area contributed by atoms with E-state index in [1.54, 1.807) is 6.92 Å². The van der Waals surface area contributed by atoms with Gasteiger partial charge in [0.1, 0.15) is 5.78 Å². The van der Waals surface area contributed by atoms with E-state index in [1.807, 2.05) is 11.3 Å². The SMILES string of the molecule is CC(=O)CCCN(C)CCc1cccs1. The molecule has 0 aliphatic rings. The van der Waals surface area contributed by atoms with Gasteiger partial charge in [-0.2, -0.15) is 0 Å². The van der Waals surface area contributed by atoms with E-state index in [4.69, 9.17) is 0 Å². The van der Waals surface area contributed by atoms with Crippen LogP contribution in [0, 0.1) is 0 Å². The molecular formula is C12H19NOS. The monoisotopic (exact) mass is 225 g/mol. The van der Waals surface area contributed by atoms with Crippen LogP contribution in [0.5, 0.6) is 0 Å². The van der Waals surface area contributed by atoms with Gasteiger partial charge in [-0.3, -0.25) is 0 Å². The first kappa shape index (κ1) is 12.4. The maximum Gasteiger partial charge on any atom is 0.129 e. The van der Waals surface area contributed by atoms with Crippen molar-refractivity contribution in [1.29, 1.82) is 0 Å². The molecule has 84 valence electrons. The Morgan fingerprint density at radius 3 is 2.87 bits per heavy atom. The van der Waals surface area contributed by atoms with Crippen molar-refractivity contribution in [1.82, 2.24) is 4.90 Å². The van der Waals surface area contributed by atoms with Gasteiger partial charge in [-0.25, -0.2) is 0 Å². The van der Waals surface area contributed by atoms with E-state index in [-0.39, 0.29) is 0 Å². The van der Waals surface area contributed by atoms with Crippen LogP contribution >= 0.6 is 11.3 Å². The number of thiophene rings is 1. The van der Waals surface area contributed by atoms with Crippen LogP contribution in [0.15, 0.2) is 17.5 Å². The Bertz CT molecular complexity index is 282. The number of rotatable bonds is 7. The van der Waals surface area contributed by atoms with E-state index < -0.39 is 0 Å². The molecule has 0 atom stereocenters. The summed E-state index contributed by atoms with van der Waals surface area (Å²) in [7, 11) is 2.12. The Kier molecular flexibility index (Phi) is 5.58. The van der Waals surface area contributed by atoms with E-state index in [0.29, 0.717) is 12.2 Å². The Morgan fingerprint density at radius 2 is 2.27 bits per heavy atom. The molecule has 0 amide bonds. The number of carbonyl (C=O) groups excluding carboxylic acids is 1. The highest BCUT2D eigenvalue weighted by molar-refractivity contribution is 7.09. The first-order valence-corrected chi connectivity index (χ1v) is 6.27. The summed E-state index contributed by atoms with van der Waals surface area (Å²) in [6.45, 7) is 3.76. The Morgan fingerprint density at radius 1 is 1.47 bits per heavy atom. The molecule has 0 N–H and O–H groups in total. The second-order valence-electron chi connectivity index (χ2n) is 3.94.